The van der Waals surface area contributed by atoms with Gasteiger partial charge in [-0.2, -0.15) is 5.10 Å². The molecule has 0 saturated heterocycles. The standard InChI is InChI=1S/C11H12BrFN4/c1-17-9(5-6-15-17)11(16-14)10-7(12)3-2-4-8(10)13/h2-6,11,16H,14H2,1H3. The first-order valence-corrected chi connectivity index (χ1v) is 5.82. The minimum Gasteiger partial charge on any atom is -0.271 e. The van der Waals surface area contributed by atoms with Crippen LogP contribution in [0.25, 0.3) is 0 Å². The molecule has 1 aromatic carbocycles. The number of aromatic nitrogens is 2. The summed E-state index contributed by atoms with van der Waals surface area (Å²) in [6, 6.07) is 6.17. The first-order valence-electron chi connectivity index (χ1n) is 5.03. The van der Waals surface area contributed by atoms with Crippen LogP contribution in [0, 0.1) is 5.82 Å². The Morgan fingerprint density at radius 2 is 2.24 bits per heavy atom. The molecule has 17 heavy (non-hydrogen) atoms. The van der Waals surface area contributed by atoms with Gasteiger partial charge in [0.15, 0.2) is 0 Å². The van der Waals surface area contributed by atoms with E-state index in [4.69, 9.17) is 5.84 Å². The van der Waals surface area contributed by atoms with Crippen LogP contribution in [0.15, 0.2) is 34.9 Å². The van der Waals surface area contributed by atoms with E-state index >= 15 is 0 Å². The monoisotopic (exact) mass is 298 g/mol. The Hall–Kier alpha value is -1.24. The third-order valence-electron chi connectivity index (χ3n) is 2.61. The summed E-state index contributed by atoms with van der Waals surface area (Å²) in [5, 5.41) is 4.05. The Morgan fingerprint density at radius 3 is 2.76 bits per heavy atom. The van der Waals surface area contributed by atoms with Gasteiger partial charge in [-0.3, -0.25) is 10.5 Å². The molecular formula is C11H12BrFN4. The van der Waals surface area contributed by atoms with Crippen LogP contribution in [0.5, 0.6) is 0 Å². The fraction of sp³-hybridized carbons (Fsp3) is 0.182. The summed E-state index contributed by atoms with van der Waals surface area (Å²) >= 11 is 3.33. The van der Waals surface area contributed by atoms with Gasteiger partial charge in [0.1, 0.15) is 5.82 Å². The lowest BCUT2D eigenvalue weighted by Crippen LogP contribution is -2.31. The van der Waals surface area contributed by atoms with Crippen LogP contribution >= 0.6 is 15.9 Å². The molecular weight excluding hydrogens is 287 g/mol. The Bertz CT molecular complexity index is 506. The molecule has 1 unspecified atom stereocenters. The van der Waals surface area contributed by atoms with E-state index in [1.807, 2.05) is 0 Å². The maximum absolute atomic E-state index is 13.9. The zero-order valence-electron chi connectivity index (χ0n) is 9.19. The lowest BCUT2D eigenvalue weighted by atomic mass is 10.0. The third kappa shape index (κ3) is 2.24. The SMILES string of the molecule is Cn1nccc1C(NN)c1c(F)cccc1Br. The van der Waals surface area contributed by atoms with E-state index in [0.29, 0.717) is 10.0 Å². The van der Waals surface area contributed by atoms with Crippen LogP contribution in [-0.2, 0) is 7.05 Å². The molecule has 0 spiro atoms. The molecule has 0 bridgehead atoms. The fourth-order valence-electron chi connectivity index (χ4n) is 1.77. The summed E-state index contributed by atoms with van der Waals surface area (Å²) in [5.41, 5.74) is 3.87. The van der Waals surface area contributed by atoms with Crippen molar-refractivity contribution in [3.05, 3.63) is 52.0 Å². The van der Waals surface area contributed by atoms with Gasteiger partial charge in [-0.1, -0.05) is 22.0 Å². The van der Waals surface area contributed by atoms with Gasteiger partial charge in [0, 0.05) is 23.3 Å². The van der Waals surface area contributed by atoms with E-state index in [1.54, 1.807) is 36.1 Å². The maximum atomic E-state index is 13.9. The first kappa shape index (κ1) is 12.2. The summed E-state index contributed by atoms with van der Waals surface area (Å²) in [5.74, 6) is 5.21. The minimum absolute atomic E-state index is 0.316. The Morgan fingerprint density at radius 1 is 1.47 bits per heavy atom. The average Bonchev–Trinajstić information content (AvgIpc) is 2.70. The number of hydrogen-bond acceptors (Lipinski definition) is 3. The van der Waals surface area contributed by atoms with Crippen LogP contribution in [0.4, 0.5) is 4.39 Å². The number of rotatable bonds is 3. The van der Waals surface area contributed by atoms with Crippen molar-refractivity contribution in [1.82, 2.24) is 15.2 Å². The molecule has 0 aliphatic heterocycles. The number of benzene rings is 1. The Balaban J connectivity index is 2.53. The highest BCUT2D eigenvalue weighted by molar-refractivity contribution is 9.10. The van der Waals surface area contributed by atoms with E-state index in [9.17, 15) is 4.39 Å². The predicted molar refractivity (Wildman–Crippen MR) is 66.5 cm³/mol. The van der Waals surface area contributed by atoms with Crippen molar-refractivity contribution in [2.45, 2.75) is 6.04 Å². The smallest absolute Gasteiger partial charge is 0.129 e. The number of nitrogens with zero attached hydrogens (tertiary/aromatic N) is 2. The van der Waals surface area contributed by atoms with Gasteiger partial charge < -0.3 is 0 Å². The van der Waals surface area contributed by atoms with E-state index in [1.165, 1.54) is 6.07 Å². The molecule has 0 fully saturated rings. The zero-order valence-corrected chi connectivity index (χ0v) is 10.8. The van der Waals surface area contributed by atoms with E-state index in [2.05, 4.69) is 26.5 Å². The maximum Gasteiger partial charge on any atom is 0.129 e. The van der Waals surface area contributed by atoms with Gasteiger partial charge in [-0.25, -0.2) is 9.82 Å². The average molecular weight is 299 g/mol. The minimum atomic E-state index is -0.446. The van der Waals surface area contributed by atoms with Crippen molar-refractivity contribution in [3.8, 4) is 0 Å². The molecule has 90 valence electrons. The molecule has 1 heterocycles. The normalized spacial score (nSPS) is 12.7. The summed E-state index contributed by atoms with van der Waals surface area (Å²) < 4.78 is 16.2. The highest BCUT2D eigenvalue weighted by atomic mass is 79.9. The molecule has 0 aliphatic carbocycles. The Labute approximate surface area is 107 Å². The number of nitrogens with one attached hydrogen (secondary N) is 1. The molecule has 0 saturated carbocycles. The highest BCUT2D eigenvalue weighted by Crippen LogP contribution is 2.29. The van der Waals surface area contributed by atoms with Crippen molar-refractivity contribution in [3.63, 3.8) is 0 Å². The van der Waals surface area contributed by atoms with E-state index < -0.39 is 6.04 Å². The number of hydrazine groups is 1. The highest BCUT2D eigenvalue weighted by Gasteiger charge is 2.21. The molecule has 0 radical (unpaired) electrons. The number of halogens is 2. The van der Waals surface area contributed by atoms with Crippen LogP contribution in [0.1, 0.15) is 17.3 Å². The van der Waals surface area contributed by atoms with Crippen LogP contribution in [-0.4, -0.2) is 9.78 Å². The predicted octanol–water partition coefficient (Wildman–Crippen LogP) is 1.87. The van der Waals surface area contributed by atoms with Gasteiger partial charge in [0.05, 0.1) is 11.7 Å². The molecule has 3 N–H and O–H groups in total. The van der Waals surface area contributed by atoms with Crippen molar-refractivity contribution in [2.75, 3.05) is 0 Å². The Kier molecular flexibility index (Phi) is 3.56. The topological polar surface area (TPSA) is 55.9 Å². The van der Waals surface area contributed by atoms with Crippen molar-refractivity contribution in [1.29, 1.82) is 0 Å². The molecule has 0 aliphatic rings. The molecule has 2 rings (SSSR count). The first-order chi connectivity index (χ1) is 8.15. The van der Waals surface area contributed by atoms with Crippen molar-refractivity contribution >= 4 is 15.9 Å². The van der Waals surface area contributed by atoms with Crippen LogP contribution in [0.2, 0.25) is 0 Å². The molecule has 4 nitrogen and oxygen atoms in total. The van der Waals surface area contributed by atoms with Gasteiger partial charge in [-0.05, 0) is 18.2 Å². The molecule has 0 amide bonds. The summed E-state index contributed by atoms with van der Waals surface area (Å²) in [6.07, 6.45) is 1.65. The van der Waals surface area contributed by atoms with Gasteiger partial charge in [0.25, 0.3) is 0 Å². The molecule has 1 aromatic heterocycles. The van der Waals surface area contributed by atoms with Gasteiger partial charge in [-0.15, -0.1) is 0 Å². The third-order valence-corrected chi connectivity index (χ3v) is 3.30. The second kappa shape index (κ2) is 4.95. The van der Waals surface area contributed by atoms with Crippen molar-refractivity contribution < 1.29 is 4.39 Å². The number of nitrogens with two attached hydrogens (primary N) is 1. The molecule has 2 aromatic rings. The quantitative estimate of drug-likeness (QED) is 0.672. The second-order valence-electron chi connectivity index (χ2n) is 3.61. The van der Waals surface area contributed by atoms with Crippen LogP contribution < -0.4 is 11.3 Å². The van der Waals surface area contributed by atoms with Crippen LogP contribution in [0.3, 0.4) is 0 Å². The van der Waals surface area contributed by atoms with Gasteiger partial charge >= 0.3 is 0 Å². The van der Waals surface area contributed by atoms with E-state index in [0.717, 1.165) is 5.69 Å². The van der Waals surface area contributed by atoms with E-state index in [-0.39, 0.29) is 5.82 Å². The number of hydrogen-bond donors (Lipinski definition) is 2. The molecule has 6 heteroatoms. The zero-order chi connectivity index (χ0) is 12.4. The summed E-state index contributed by atoms with van der Waals surface area (Å²) in [6.45, 7) is 0. The lowest BCUT2D eigenvalue weighted by molar-refractivity contribution is 0.530. The van der Waals surface area contributed by atoms with Gasteiger partial charge in [0.2, 0.25) is 0 Å². The second-order valence-corrected chi connectivity index (χ2v) is 4.47. The summed E-state index contributed by atoms with van der Waals surface area (Å²) in [4.78, 5) is 0. The van der Waals surface area contributed by atoms with Crippen molar-refractivity contribution in [2.24, 2.45) is 12.9 Å². The lowest BCUT2D eigenvalue weighted by Gasteiger charge is -2.18. The fourth-order valence-corrected chi connectivity index (χ4v) is 2.34. The largest absolute Gasteiger partial charge is 0.271 e. The summed E-state index contributed by atoms with van der Waals surface area (Å²) in [7, 11) is 1.79. The number of aryl methyl sites for hydroxylation is 1. The molecule has 1 atom stereocenters.